The predicted octanol–water partition coefficient (Wildman–Crippen LogP) is 4.15. The smallest absolute Gasteiger partial charge is 0.0543 e. The molecule has 0 saturated carbocycles. The lowest BCUT2D eigenvalue weighted by Gasteiger charge is -2.34. The van der Waals surface area contributed by atoms with Gasteiger partial charge < -0.3 is 4.90 Å². The molecule has 0 N–H and O–H groups in total. The van der Waals surface area contributed by atoms with Crippen molar-refractivity contribution in [1.82, 2.24) is 5.01 Å². The highest BCUT2D eigenvalue weighted by molar-refractivity contribution is 6.31. The fourth-order valence-corrected chi connectivity index (χ4v) is 2.78. The molecule has 0 atom stereocenters. The first kappa shape index (κ1) is 15.2. The van der Waals surface area contributed by atoms with E-state index in [1.54, 1.807) is 0 Å². The van der Waals surface area contributed by atoms with Gasteiger partial charge in [-0.2, -0.15) is 5.10 Å². The molecule has 0 bridgehead atoms. The minimum absolute atomic E-state index is 0.733. The molecule has 5 heteroatoms. The zero-order valence-corrected chi connectivity index (χ0v) is 13.6. The summed E-state index contributed by atoms with van der Waals surface area (Å²) in [7, 11) is 0. The lowest BCUT2D eigenvalue weighted by molar-refractivity contribution is 0.272. The minimum atomic E-state index is 0.733. The van der Waals surface area contributed by atoms with Crippen molar-refractivity contribution in [2.75, 3.05) is 31.1 Å². The normalized spacial score (nSPS) is 15.5. The van der Waals surface area contributed by atoms with Gasteiger partial charge in [-0.3, -0.25) is 5.01 Å². The van der Waals surface area contributed by atoms with Gasteiger partial charge in [-0.25, -0.2) is 0 Å². The van der Waals surface area contributed by atoms with Crippen molar-refractivity contribution < 1.29 is 0 Å². The van der Waals surface area contributed by atoms with Crippen LogP contribution in [0.4, 0.5) is 5.69 Å². The average Bonchev–Trinajstić information content (AvgIpc) is 2.54. The Hall–Kier alpha value is -1.71. The monoisotopic (exact) mass is 333 g/mol. The number of nitrogens with zero attached hydrogens (tertiary/aromatic N) is 3. The number of rotatable bonds is 3. The molecule has 1 fully saturated rings. The molecule has 3 nitrogen and oxygen atoms in total. The molecule has 1 saturated heterocycles. The third kappa shape index (κ3) is 3.93. The summed E-state index contributed by atoms with van der Waals surface area (Å²) < 4.78 is 0. The number of benzene rings is 2. The van der Waals surface area contributed by atoms with Crippen LogP contribution in [0.2, 0.25) is 10.0 Å². The molecule has 114 valence electrons. The fourth-order valence-electron chi connectivity index (χ4n) is 2.46. The minimum Gasteiger partial charge on any atom is -0.368 e. The van der Waals surface area contributed by atoms with Crippen molar-refractivity contribution in [3.8, 4) is 0 Å². The predicted molar refractivity (Wildman–Crippen MR) is 94.3 cm³/mol. The van der Waals surface area contributed by atoms with E-state index < -0.39 is 0 Å². The Morgan fingerprint density at radius 3 is 2.27 bits per heavy atom. The number of hydrazone groups is 1. The van der Waals surface area contributed by atoms with Crippen molar-refractivity contribution in [2.24, 2.45) is 5.10 Å². The molecule has 3 rings (SSSR count). The van der Waals surface area contributed by atoms with E-state index in [1.165, 1.54) is 5.69 Å². The van der Waals surface area contributed by atoms with E-state index in [9.17, 15) is 0 Å². The molecule has 1 aliphatic rings. The standard InChI is InChI=1S/C17H17Cl2N3/c18-15-4-6-17(7-5-15)21-8-10-22(11-9-21)20-13-14-2-1-3-16(19)12-14/h1-7,12-13H,8-11H2/b20-13-. The van der Waals surface area contributed by atoms with Crippen molar-refractivity contribution in [3.05, 3.63) is 64.1 Å². The van der Waals surface area contributed by atoms with E-state index in [1.807, 2.05) is 42.6 Å². The Labute approximate surface area is 140 Å². The van der Waals surface area contributed by atoms with Crippen molar-refractivity contribution >= 4 is 35.1 Å². The van der Waals surface area contributed by atoms with E-state index in [0.717, 1.165) is 41.8 Å². The Kier molecular flexibility index (Phi) is 4.86. The van der Waals surface area contributed by atoms with E-state index >= 15 is 0 Å². The summed E-state index contributed by atoms with van der Waals surface area (Å²) in [6.07, 6.45) is 1.86. The molecule has 22 heavy (non-hydrogen) atoms. The van der Waals surface area contributed by atoms with Crippen molar-refractivity contribution in [1.29, 1.82) is 0 Å². The topological polar surface area (TPSA) is 18.8 Å². The number of anilines is 1. The first-order valence-corrected chi connectivity index (χ1v) is 8.01. The Bertz CT molecular complexity index is 647. The summed E-state index contributed by atoms with van der Waals surface area (Å²) in [5, 5.41) is 8.13. The summed E-state index contributed by atoms with van der Waals surface area (Å²) >= 11 is 11.9. The molecular weight excluding hydrogens is 317 g/mol. The van der Waals surface area contributed by atoms with Gasteiger partial charge in [0.1, 0.15) is 0 Å². The molecule has 0 radical (unpaired) electrons. The summed E-state index contributed by atoms with van der Waals surface area (Å²) in [6, 6.07) is 15.7. The maximum absolute atomic E-state index is 5.97. The summed E-state index contributed by atoms with van der Waals surface area (Å²) in [4.78, 5) is 2.35. The Morgan fingerprint density at radius 2 is 1.59 bits per heavy atom. The molecule has 0 aromatic heterocycles. The molecule has 1 aliphatic heterocycles. The van der Waals surface area contributed by atoms with Gasteiger partial charge in [0, 0.05) is 28.8 Å². The van der Waals surface area contributed by atoms with Crippen LogP contribution in [-0.2, 0) is 0 Å². The Balaban J connectivity index is 1.56. The van der Waals surface area contributed by atoms with Crippen LogP contribution in [-0.4, -0.2) is 37.4 Å². The SMILES string of the molecule is Clc1ccc(N2CCN(/N=C\c3cccc(Cl)c3)CC2)cc1. The van der Waals surface area contributed by atoms with Gasteiger partial charge in [0.15, 0.2) is 0 Å². The third-order valence-corrected chi connectivity index (χ3v) is 4.15. The molecule has 0 aliphatic carbocycles. The number of hydrogen-bond acceptors (Lipinski definition) is 3. The van der Waals surface area contributed by atoms with Gasteiger partial charge in [-0.1, -0.05) is 35.3 Å². The highest BCUT2D eigenvalue weighted by Gasteiger charge is 2.15. The summed E-state index contributed by atoms with van der Waals surface area (Å²) in [6.45, 7) is 3.71. The zero-order valence-electron chi connectivity index (χ0n) is 12.1. The lowest BCUT2D eigenvalue weighted by atomic mass is 10.2. The second kappa shape index (κ2) is 7.03. The van der Waals surface area contributed by atoms with E-state index in [-0.39, 0.29) is 0 Å². The molecular formula is C17H17Cl2N3. The number of halogens is 2. The first-order chi connectivity index (χ1) is 10.7. The van der Waals surface area contributed by atoms with Crippen LogP contribution in [0.25, 0.3) is 0 Å². The average molecular weight is 334 g/mol. The second-order valence-corrected chi connectivity index (χ2v) is 6.09. The number of hydrogen-bond donors (Lipinski definition) is 0. The van der Waals surface area contributed by atoms with Gasteiger partial charge in [-0.15, -0.1) is 0 Å². The highest BCUT2D eigenvalue weighted by Crippen LogP contribution is 2.19. The van der Waals surface area contributed by atoms with Crippen molar-refractivity contribution in [2.45, 2.75) is 0 Å². The van der Waals surface area contributed by atoms with Gasteiger partial charge in [0.2, 0.25) is 0 Å². The largest absolute Gasteiger partial charge is 0.368 e. The molecule has 2 aromatic carbocycles. The fraction of sp³-hybridized carbons (Fsp3) is 0.235. The third-order valence-electron chi connectivity index (χ3n) is 3.67. The van der Waals surface area contributed by atoms with E-state index in [2.05, 4.69) is 27.1 Å². The highest BCUT2D eigenvalue weighted by atomic mass is 35.5. The van der Waals surface area contributed by atoms with Crippen LogP contribution in [0.3, 0.4) is 0 Å². The Morgan fingerprint density at radius 1 is 0.864 bits per heavy atom. The van der Waals surface area contributed by atoms with Crippen molar-refractivity contribution in [3.63, 3.8) is 0 Å². The van der Waals surface area contributed by atoms with Crippen LogP contribution in [0, 0.1) is 0 Å². The van der Waals surface area contributed by atoms with Gasteiger partial charge >= 0.3 is 0 Å². The van der Waals surface area contributed by atoms with Crippen LogP contribution in [0.1, 0.15) is 5.56 Å². The maximum Gasteiger partial charge on any atom is 0.0543 e. The van der Waals surface area contributed by atoms with Crippen LogP contribution < -0.4 is 4.90 Å². The van der Waals surface area contributed by atoms with Gasteiger partial charge in [0.25, 0.3) is 0 Å². The van der Waals surface area contributed by atoms with Crippen LogP contribution >= 0.6 is 23.2 Å². The second-order valence-electron chi connectivity index (χ2n) is 5.22. The molecule has 1 heterocycles. The lowest BCUT2D eigenvalue weighted by Crippen LogP contribution is -2.44. The van der Waals surface area contributed by atoms with E-state index in [0.29, 0.717) is 0 Å². The van der Waals surface area contributed by atoms with Crippen LogP contribution in [0.5, 0.6) is 0 Å². The molecule has 0 spiro atoms. The zero-order chi connectivity index (χ0) is 15.4. The molecule has 2 aromatic rings. The van der Waals surface area contributed by atoms with Gasteiger partial charge in [0.05, 0.1) is 19.3 Å². The number of piperazine rings is 1. The molecule has 0 unspecified atom stereocenters. The quantitative estimate of drug-likeness (QED) is 0.786. The summed E-state index contributed by atoms with van der Waals surface area (Å²) in [5.41, 5.74) is 2.23. The van der Waals surface area contributed by atoms with Gasteiger partial charge in [-0.05, 0) is 42.0 Å². The maximum atomic E-state index is 5.97. The van der Waals surface area contributed by atoms with Crippen LogP contribution in [0.15, 0.2) is 53.6 Å². The van der Waals surface area contributed by atoms with E-state index in [4.69, 9.17) is 23.2 Å². The molecule has 0 amide bonds. The first-order valence-electron chi connectivity index (χ1n) is 7.26. The summed E-state index contributed by atoms with van der Waals surface area (Å²) in [5.74, 6) is 0.